The number of hydrogen-bond acceptors (Lipinski definition) is 7. The number of esters is 1. The van der Waals surface area contributed by atoms with E-state index in [4.69, 9.17) is 4.74 Å². The molecule has 2 aromatic rings. The number of nitro benzene ring substituents is 1. The summed E-state index contributed by atoms with van der Waals surface area (Å²) >= 11 is 3.09. The molecule has 2 aromatic carbocycles. The van der Waals surface area contributed by atoms with Crippen LogP contribution < -0.4 is 10.0 Å². The lowest BCUT2D eigenvalue weighted by Crippen LogP contribution is -2.32. The third-order valence-electron chi connectivity index (χ3n) is 3.54. The van der Waals surface area contributed by atoms with E-state index in [9.17, 15) is 28.1 Å². The van der Waals surface area contributed by atoms with Crippen molar-refractivity contribution in [3.8, 4) is 0 Å². The molecule has 1 amide bonds. The molecule has 0 bridgehead atoms. The molecule has 0 saturated heterocycles. The summed E-state index contributed by atoms with van der Waals surface area (Å²) in [6, 6.07) is 9.77. The molecule has 2 N–H and O–H groups in total. The standard InChI is InChI=1S/C17H16BrN3O7S/c1-11-2-5-13(6-3-11)29(26,27)19-9-17(23)28-10-16(22)20-15-7-4-12(21(24)25)8-14(15)18/h2-8,19H,9-10H2,1H3,(H,20,22). The van der Waals surface area contributed by atoms with Crippen molar-refractivity contribution in [2.75, 3.05) is 18.5 Å². The van der Waals surface area contributed by atoms with E-state index in [2.05, 4.69) is 26.0 Å². The van der Waals surface area contributed by atoms with Crippen LogP contribution in [0.25, 0.3) is 0 Å². The molecular formula is C17H16BrN3O7S. The van der Waals surface area contributed by atoms with Gasteiger partial charge in [-0.15, -0.1) is 0 Å². The predicted octanol–water partition coefficient (Wildman–Crippen LogP) is 2.13. The Morgan fingerprint density at radius 1 is 1.17 bits per heavy atom. The number of rotatable bonds is 8. The fourth-order valence-electron chi connectivity index (χ4n) is 2.06. The molecule has 154 valence electrons. The van der Waals surface area contributed by atoms with Crippen molar-refractivity contribution in [3.63, 3.8) is 0 Å². The van der Waals surface area contributed by atoms with Crippen molar-refractivity contribution >= 4 is 49.2 Å². The smallest absolute Gasteiger partial charge is 0.321 e. The molecule has 0 fully saturated rings. The molecule has 0 aliphatic carbocycles. The first kappa shape index (κ1) is 22.5. The van der Waals surface area contributed by atoms with Gasteiger partial charge in [0, 0.05) is 16.6 Å². The molecule has 0 saturated carbocycles. The van der Waals surface area contributed by atoms with Gasteiger partial charge in [0.15, 0.2) is 6.61 Å². The van der Waals surface area contributed by atoms with Gasteiger partial charge in [0.1, 0.15) is 6.54 Å². The zero-order valence-corrected chi connectivity index (χ0v) is 17.4. The zero-order chi connectivity index (χ0) is 21.6. The molecule has 10 nitrogen and oxygen atoms in total. The highest BCUT2D eigenvalue weighted by Gasteiger charge is 2.17. The summed E-state index contributed by atoms with van der Waals surface area (Å²) in [7, 11) is -3.89. The van der Waals surface area contributed by atoms with Gasteiger partial charge in [-0.3, -0.25) is 19.7 Å². The fourth-order valence-corrected chi connectivity index (χ4v) is 3.49. The van der Waals surface area contributed by atoms with E-state index in [1.807, 2.05) is 6.92 Å². The number of amides is 1. The molecule has 0 atom stereocenters. The fraction of sp³-hybridized carbons (Fsp3) is 0.176. The minimum absolute atomic E-state index is 0.00309. The number of aryl methyl sites for hydroxylation is 1. The number of hydrogen-bond donors (Lipinski definition) is 2. The number of halogens is 1. The largest absolute Gasteiger partial charge is 0.455 e. The molecule has 29 heavy (non-hydrogen) atoms. The second kappa shape index (κ2) is 9.58. The molecule has 0 aliphatic heterocycles. The Kier molecular flexibility index (Phi) is 7.42. The lowest BCUT2D eigenvalue weighted by atomic mass is 10.2. The van der Waals surface area contributed by atoms with Crippen LogP contribution in [0.4, 0.5) is 11.4 Å². The first-order chi connectivity index (χ1) is 13.6. The van der Waals surface area contributed by atoms with Gasteiger partial charge in [0.2, 0.25) is 10.0 Å². The van der Waals surface area contributed by atoms with Crippen LogP contribution in [0.2, 0.25) is 0 Å². The summed E-state index contributed by atoms with van der Waals surface area (Å²) in [5.74, 6) is -1.65. The van der Waals surface area contributed by atoms with E-state index in [0.717, 1.165) is 5.56 Å². The summed E-state index contributed by atoms with van der Waals surface area (Å²) in [6.45, 7) is 0.501. The first-order valence-electron chi connectivity index (χ1n) is 8.04. The highest BCUT2D eigenvalue weighted by molar-refractivity contribution is 9.10. The van der Waals surface area contributed by atoms with Crippen molar-refractivity contribution in [2.45, 2.75) is 11.8 Å². The number of nitro groups is 1. The zero-order valence-electron chi connectivity index (χ0n) is 15.0. The molecule has 0 radical (unpaired) electrons. The first-order valence-corrected chi connectivity index (χ1v) is 10.3. The summed E-state index contributed by atoms with van der Waals surface area (Å²) in [5, 5.41) is 13.1. The van der Waals surface area contributed by atoms with Crippen LogP contribution in [0, 0.1) is 17.0 Å². The normalized spacial score (nSPS) is 11.0. The summed E-state index contributed by atoms with van der Waals surface area (Å²) in [6.07, 6.45) is 0. The SMILES string of the molecule is Cc1ccc(S(=O)(=O)NCC(=O)OCC(=O)Nc2ccc([N+](=O)[O-])cc2Br)cc1. The minimum atomic E-state index is -3.89. The Labute approximate surface area is 174 Å². The number of sulfonamides is 1. The maximum Gasteiger partial charge on any atom is 0.321 e. The maximum atomic E-state index is 12.1. The van der Waals surface area contributed by atoms with Gasteiger partial charge in [0.05, 0.1) is 15.5 Å². The van der Waals surface area contributed by atoms with E-state index in [1.165, 1.54) is 30.3 Å². The molecule has 0 unspecified atom stereocenters. The van der Waals surface area contributed by atoms with E-state index in [0.29, 0.717) is 0 Å². The lowest BCUT2D eigenvalue weighted by molar-refractivity contribution is -0.384. The molecule has 0 spiro atoms. The van der Waals surface area contributed by atoms with E-state index in [1.54, 1.807) is 12.1 Å². The van der Waals surface area contributed by atoms with Crippen LogP contribution in [0.5, 0.6) is 0 Å². The van der Waals surface area contributed by atoms with E-state index in [-0.39, 0.29) is 20.7 Å². The third kappa shape index (κ3) is 6.62. The van der Waals surface area contributed by atoms with Gasteiger partial charge >= 0.3 is 5.97 Å². The monoisotopic (exact) mass is 485 g/mol. The number of nitrogens with zero attached hydrogens (tertiary/aromatic N) is 1. The van der Waals surface area contributed by atoms with Gasteiger partial charge < -0.3 is 10.1 Å². The van der Waals surface area contributed by atoms with Crippen molar-refractivity contribution in [3.05, 3.63) is 62.6 Å². The van der Waals surface area contributed by atoms with Crippen LogP contribution in [0.1, 0.15) is 5.56 Å². The Bertz CT molecular complexity index is 1040. The molecule has 0 aliphatic rings. The molecule has 0 heterocycles. The second-order valence-electron chi connectivity index (χ2n) is 5.77. The Morgan fingerprint density at radius 2 is 1.83 bits per heavy atom. The summed E-state index contributed by atoms with van der Waals surface area (Å²) < 4.78 is 31.3. The number of nitrogens with one attached hydrogen (secondary N) is 2. The van der Waals surface area contributed by atoms with Crippen molar-refractivity contribution in [1.82, 2.24) is 4.72 Å². The predicted molar refractivity (Wildman–Crippen MR) is 107 cm³/mol. The molecule has 0 aromatic heterocycles. The van der Waals surface area contributed by atoms with Crippen LogP contribution in [-0.2, 0) is 24.3 Å². The quantitative estimate of drug-likeness (QED) is 0.330. The van der Waals surface area contributed by atoms with Gasteiger partial charge in [-0.2, -0.15) is 4.72 Å². The van der Waals surface area contributed by atoms with Gasteiger partial charge in [-0.25, -0.2) is 8.42 Å². The van der Waals surface area contributed by atoms with Gasteiger partial charge in [-0.05, 0) is 41.1 Å². The highest BCUT2D eigenvalue weighted by atomic mass is 79.9. The third-order valence-corrected chi connectivity index (χ3v) is 5.61. The molecule has 12 heteroatoms. The maximum absolute atomic E-state index is 12.1. The lowest BCUT2D eigenvalue weighted by Gasteiger charge is -2.09. The number of carbonyl (C=O) groups is 2. The topological polar surface area (TPSA) is 145 Å². The van der Waals surface area contributed by atoms with Crippen molar-refractivity contribution in [2.24, 2.45) is 0 Å². The Morgan fingerprint density at radius 3 is 2.41 bits per heavy atom. The molecular weight excluding hydrogens is 470 g/mol. The minimum Gasteiger partial charge on any atom is -0.455 e. The van der Waals surface area contributed by atoms with Crippen LogP contribution in [0.15, 0.2) is 51.8 Å². The summed E-state index contributed by atoms with van der Waals surface area (Å²) in [5.41, 5.74) is 0.966. The number of anilines is 1. The summed E-state index contributed by atoms with van der Waals surface area (Å²) in [4.78, 5) is 33.7. The van der Waals surface area contributed by atoms with Gasteiger partial charge in [0.25, 0.3) is 11.6 Å². The van der Waals surface area contributed by atoms with Crippen LogP contribution in [-0.4, -0.2) is 38.4 Å². The average molecular weight is 486 g/mol. The number of benzene rings is 2. The Hall–Kier alpha value is -2.83. The van der Waals surface area contributed by atoms with Crippen LogP contribution in [0.3, 0.4) is 0 Å². The second-order valence-corrected chi connectivity index (χ2v) is 8.39. The number of ether oxygens (including phenoxy) is 1. The van der Waals surface area contributed by atoms with Crippen molar-refractivity contribution in [1.29, 1.82) is 0 Å². The van der Waals surface area contributed by atoms with Crippen LogP contribution >= 0.6 is 15.9 Å². The average Bonchev–Trinajstić information content (AvgIpc) is 2.66. The van der Waals surface area contributed by atoms with E-state index >= 15 is 0 Å². The Balaban J connectivity index is 1.83. The van der Waals surface area contributed by atoms with Crippen molar-refractivity contribution < 1.29 is 27.7 Å². The number of carbonyl (C=O) groups excluding carboxylic acids is 2. The van der Waals surface area contributed by atoms with E-state index < -0.39 is 40.0 Å². The molecule has 2 rings (SSSR count). The van der Waals surface area contributed by atoms with Gasteiger partial charge in [-0.1, -0.05) is 17.7 Å². The number of non-ortho nitro benzene ring substituents is 1. The highest BCUT2D eigenvalue weighted by Crippen LogP contribution is 2.27.